The van der Waals surface area contributed by atoms with Crippen molar-refractivity contribution < 1.29 is 4.79 Å². The van der Waals surface area contributed by atoms with E-state index in [1.165, 1.54) is 12.5 Å². The molecule has 1 heterocycles. The molecule has 0 aliphatic rings. The number of nitriles is 1. The Morgan fingerprint density at radius 1 is 1.14 bits per heavy atom. The van der Waals surface area contributed by atoms with Gasteiger partial charge in [-0.1, -0.05) is 17.7 Å². The van der Waals surface area contributed by atoms with Gasteiger partial charge in [0.2, 0.25) is 5.91 Å². The quantitative estimate of drug-likeness (QED) is 0.856. The SMILES string of the molecule is Cc1cc(C)c(-n2c(C)c(C)c(C#N)c2N[13C]([13CH3])=O)c(C)c1. The number of nitrogens with one attached hydrogen (secondary N) is 1. The van der Waals surface area contributed by atoms with Crippen molar-refractivity contribution >= 4 is 11.7 Å². The van der Waals surface area contributed by atoms with E-state index in [2.05, 4.69) is 30.4 Å². The Morgan fingerprint density at radius 2 is 1.68 bits per heavy atom. The summed E-state index contributed by atoms with van der Waals surface area (Å²) in [6.45, 7) is 11.5. The van der Waals surface area contributed by atoms with E-state index in [-0.39, 0.29) is 5.91 Å². The van der Waals surface area contributed by atoms with E-state index in [4.69, 9.17) is 0 Å². The van der Waals surface area contributed by atoms with Gasteiger partial charge in [0.25, 0.3) is 0 Å². The minimum Gasteiger partial charge on any atom is -0.311 e. The van der Waals surface area contributed by atoms with E-state index in [1.807, 2.05) is 32.3 Å². The molecule has 2 rings (SSSR count). The molecule has 1 aromatic carbocycles. The second-order valence-corrected chi connectivity index (χ2v) is 5.81. The van der Waals surface area contributed by atoms with Crippen LogP contribution in [0.5, 0.6) is 0 Å². The summed E-state index contributed by atoms with van der Waals surface area (Å²) in [5, 5.41) is 12.3. The fraction of sp³-hybridized carbons (Fsp3) is 0.333. The number of hydrogen-bond donors (Lipinski definition) is 1. The van der Waals surface area contributed by atoms with Gasteiger partial charge < -0.3 is 5.32 Å². The Hall–Kier alpha value is -2.54. The first-order valence-electron chi connectivity index (χ1n) is 7.25. The van der Waals surface area contributed by atoms with Gasteiger partial charge in [0.05, 0.1) is 11.3 Å². The minimum atomic E-state index is -0.183. The monoisotopic (exact) mass is 297 g/mol. The zero-order chi connectivity index (χ0) is 16.6. The lowest BCUT2D eigenvalue weighted by Gasteiger charge is -2.18. The van der Waals surface area contributed by atoms with E-state index in [9.17, 15) is 10.1 Å². The summed E-state index contributed by atoms with van der Waals surface area (Å²) in [6.07, 6.45) is 0. The zero-order valence-corrected chi connectivity index (χ0v) is 14.0. The van der Waals surface area contributed by atoms with Crippen molar-refractivity contribution in [1.29, 1.82) is 5.26 Å². The second kappa shape index (κ2) is 5.69. The van der Waals surface area contributed by atoms with Gasteiger partial charge in [0.15, 0.2) is 0 Å². The van der Waals surface area contributed by atoms with E-state index in [1.54, 1.807) is 0 Å². The number of anilines is 1. The summed E-state index contributed by atoms with van der Waals surface area (Å²) in [5.74, 6) is 0.373. The van der Waals surface area contributed by atoms with E-state index in [0.29, 0.717) is 11.4 Å². The molecule has 2 aromatic rings. The first kappa shape index (κ1) is 15.8. The molecule has 4 nitrogen and oxygen atoms in total. The number of amides is 1. The van der Waals surface area contributed by atoms with Gasteiger partial charge in [-0.15, -0.1) is 0 Å². The van der Waals surface area contributed by atoms with Crippen LogP contribution in [0.2, 0.25) is 0 Å². The number of benzene rings is 1. The molecule has 0 atom stereocenters. The number of aryl methyl sites for hydroxylation is 3. The molecule has 0 radical (unpaired) electrons. The van der Waals surface area contributed by atoms with Gasteiger partial charge in [-0.2, -0.15) is 5.26 Å². The van der Waals surface area contributed by atoms with Crippen LogP contribution >= 0.6 is 0 Å². The molecule has 4 heteroatoms. The highest BCUT2D eigenvalue weighted by Gasteiger charge is 2.21. The number of rotatable bonds is 2. The molecule has 22 heavy (non-hydrogen) atoms. The molecule has 0 bridgehead atoms. The number of carbonyl (C=O) groups is 1. The van der Waals surface area contributed by atoms with Gasteiger partial charge in [0.1, 0.15) is 11.9 Å². The summed E-state index contributed by atoms with van der Waals surface area (Å²) < 4.78 is 1.99. The van der Waals surface area contributed by atoms with E-state index < -0.39 is 0 Å². The van der Waals surface area contributed by atoms with Crippen LogP contribution in [0.1, 0.15) is 40.4 Å². The molecule has 1 N–H and O–H groups in total. The Bertz CT molecular complexity index is 784. The minimum absolute atomic E-state index is 0.183. The van der Waals surface area contributed by atoms with Gasteiger partial charge in [0, 0.05) is 12.6 Å². The van der Waals surface area contributed by atoms with Crippen molar-refractivity contribution in [3.05, 3.63) is 45.6 Å². The van der Waals surface area contributed by atoms with Crippen molar-refractivity contribution in [1.82, 2.24) is 4.57 Å². The highest BCUT2D eigenvalue weighted by Crippen LogP contribution is 2.33. The maximum Gasteiger partial charge on any atom is 0.222 e. The summed E-state index contributed by atoms with van der Waals surface area (Å²) in [6, 6.07) is 6.44. The Morgan fingerprint density at radius 3 is 2.14 bits per heavy atom. The summed E-state index contributed by atoms with van der Waals surface area (Å²) in [5.41, 5.74) is 6.84. The molecule has 1 amide bonds. The van der Waals surface area contributed by atoms with Gasteiger partial charge >= 0.3 is 0 Å². The number of nitrogens with zero attached hydrogens (tertiary/aromatic N) is 2. The lowest BCUT2D eigenvalue weighted by molar-refractivity contribution is -0.114. The Labute approximate surface area is 131 Å². The van der Waals surface area contributed by atoms with Crippen LogP contribution < -0.4 is 5.32 Å². The normalized spacial score (nSPS) is 10.4. The van der Waals surface area contributed by atoms with Crippen LogP contribution in [0.3, 0.4) is 0 Å². The summed E-state index contributed by atoms with van der Waals surface area (Å²) in [4.78, 5) is 11.6. The van der Waals surface area contributed by atoms with Crippen LogP contribution in [0, 0.1) is 45.9 Å². The van der Waals surface area contributed by atoms with Crippen molar-refractivity contribution in [2.75, 3.05) is 5.32 Å². The third-order valence-electron chi connectivity index (χ3n) is 3.98. The van der Waals surface area contributed by atoms with Crippen molar-refractivity contribution in [3.8, 4) is 11.8 Å². The molecule has 0 saturated heterocycles. The lowest BCUT2D eigenvalue weighted by Crippen LogP contribution is -2.13. The van der Waals surface area contributed by atoms with Crippen LogP contribution in [0.4, 0.5) is 5.82 Å². The molecule has 0 aliphatic carbocycles. The molecule has 114 valence electrons. The summed E-state index contributed by atoms with van der Waals surface area (Å²) >= 11 is 0. The van der Waals surface area contributed by atoms with Crippen LogP contribution in [0.25, 0.3) is 5.69 Å². The van der Waals surface area contributed by atoms with Gasteiger partial charge in [-0.05, 0) is 51.3 Å². The molecule has 0 spiro atoms. The summed E-state index contributed by atoms with van der Waals surface area (Å²) in [7, 11) is 0. The third kappa shape index (κ3) is 2.50. The molecule has 1 aromatic heterocycles. The highest BCUT2D eigenvalue weighted by molar-refractivity contribution is 5.90. The molecule has 0 unspecified atom stereocenters. The fourth-order valence-electron chi connectivity index (χ4n) is 3.03. The Kier molecular flexibility index (Phi) is 4.09. The van der Waals surface area contributed by atoms with Crippen LogP contribution in [-0.4, -0.2) is 10.5 Å². The second-order valence-electron chi connectivity index (χ2n) is 5.81. The topological polar surface area (TPSA) is 57.8 Å². The van der Waals surface area contributed by atoms with Crippen molar-refractivity contribution in [3.63, 3.8) is 0 Å². The van der Waals surface area contributed by atoms with Crippen molar-refractivity contribution in [2.24, 2.45) is 0 Å². The maximum absolute atomic E-state index is 11.6. The van der Waals surface area contributed by atoms with Crippen LogP contribution in [-0.2, 0) is 4.79 Å². The predicted octanol–water partition coefficient (Wildman–Crippen LogP) is 3.85. The highest BCUT2D eigenvalue weighted by atomic mass is 16.2. The first-order valence-corrected chi connectivity index (χ1v) is 7.25. The maximum atomic E-state index is 11.6. The molecular formula is C18H21N3O. The standard InChI is InChI=1S/C18H21N3O/c1-10-7-11(2)17(12(3)8-10)21-14(5)13(4)16(9-19)18(21)20-15(6)22/h7-8H,1-6H3,(H,20,22)/i6+1,15+1. The number of aromatic nitrogens is 1. The van der Waals surface area contributed by atoms with Crippen molar-refractivity contribution in [2.45, 2.75) is 41.5 Å². The largest absolute Gasteiger partial charge is 0.311 e. The average Bonchev–Trinajstić information content (AvgIpc) is 2.61. The molecule has 0 aliphatic heterocycles. The smallest absolute Gasteiger partial charge is 0.222 e. The van der Waals surface area contributed by atoms with Gasteiger partial charge in [-0.25, -0.2) is 0 Å². The molecule has 0 saturated carbocycles. The van der Waals surface area contributed by atoms with E-state index in [0.717, 1.165) is 28.1 Å². The van der Waals surface area contributed by atoms with Crippen LogP contribution in [0.15, 0.2) is 12.1 Å². The predicted molar refractivity (Wildman–Crippen MR) is 88.5 cm³/mol. The van der Waals surface area contributed by atoms with E-state index >= 15 is 0 Å². The molecule has 0 fully saturated rings. The zero-order valence-electron chi connectivity index (χ0n) is 14.0. The average molecular weight is 297 g/mol. The number of carbonyl (C=O) groups excluding carboxylic acids is 1. The fourth-order valence-corrected chi connectivity index (χ4v) is 3.03. The third-order valence-corrected chi connectivity index (χ3v) is 3.98. The Balaban J connectivity index is 2.87. The molecular weight excluding hydrogens is 276 g/mol. The van der Waals surface area contributed by atoms with Gasteiger partial charge in [-0.3, -0.25) is 9.36 Å². The lowest BCUT2D eigenvalue weighted by atomic mass is 10.0. The number of hydrogen-bond acceptors (Lipinski definition) is 2. The first-order chi connectivity index (χ1) is 10.3.